The lowest BCUT2D eigenvalue weighted by Gasteiger charge is -2.14. The van der Waals surface area contributed by atoms with Crippen molar-refractivity contribution in [2.75, 3.05) is 0 Å². The maximum Gasteiger partial charge on any atom is 0.252 e. The van der Waals surface area contributed by atoms with E-state index >= 15 is 0 Å². The number of carbonyl (C=O) groups excluding carboxylic acids is 2. The van der Waals surface area contributed by atoms with Crippen LogP contribution < -0.4 is 10.9 Å². The van der Waals surface area contributed by atoms with Crippen LogP contribution in [0, 0.1) is 11.6 Å². The number of hydrogen-bond acceptors (Lipinski definition) is 5. The number of halogens is 2. The summed E-state index contributed by atoms with van der Waals surface area (Å²) in [6.45, 7) is 3.23. The van der Waals surface area contributed by atoms with Gasteiger partial charge in [0.1, 0.15) is 11.6 Å². The number of nitrogens with zero attached hydrogens (tertiary/aromatic N) is 2. The van der Waals surface area contributed by atoms with Crippen molar-refractivity contribution in [1.82, 2.24) is 10.9 Å². The summed E-state index contributed by atoms with van der Waals surface area (Å²) in [5.41, 5.74) is 5.11. The Morgan fingerprint density at radius 2 is 1.21 bits per heavy atom. The molecule has 0 aliphatic heterocycles. The quantitative estimate of drug-likeness (QED) is 0.511. The lowest BCUT2D eigenvalue weighted by molar-refractivity contribution is -0.120. The number of hydrazone groups is 2. The molecule has 2 atom stereocenters. The second-order valence-electron chi connectivity index (χ2n) is 5.93. The molecule has 2 amide bonds. The van der Waals surface area contributed by atoms with E-state index in [1.165, 1.54) is 36.7 Å². The Kier molecular flexibility index (Phi) is 8.47. The van der Waals surface area contributed by atoms with Gasteiger partial charge in [-0.25, -0.2) is 19.6 Å². The molecule has 2 unspecified atom stereocenters. The van der Waals surface area contributed by atoms with Gasteiger partial charge in [0.2, 0.25) is 0 Å². The van der Waals surface area contributed by atoms with Gasteiger partial charge in [0.25, 0.3) is 11.8 Å². The molecule has 0 radical (unpaired) electrons. The topological polar surface area (TPSA) is 82.9 Å². The van der Waals surface area contributed by atoms with Gasteiger partial charge < -0.3 is 0 Å². The van der Waals surface area contributed by atoms with Crippen LogP contribution in [0.2, 0.25) is 0 Å². The number of rotatable bonds is 8. The number of amides is 2. The molecule has 2 aromatic carbocycles. The van der Waals surface area contributed by atoms with Crippen LogP contribution in [0.3, 0.4) is 0 Å². The van der Waals surface area contributed by atoms with E-state index < -0.39 is 33.9 Å². The first-order valence-electron chi connectivity index (χ1n) is 8.69. The van der Waals surface area contributed by atoms with E-state index in [9.17, 15) is 18.4 Å². The van der Waals surface area contributed by atoms with Gasteiger partial charge in [0, 0.05) is 11.1 Å². The molecule has 2 rings (SSSR count). The molecule has 0 aromatic heterocycles. The van der Waals surface area contributed by atoms with Crippen LogP contribution in [0.4, 0.5) is 8.78 Å². The van der Waals surface area contributed by atoms with E-state index in [1.807, 2.05) is 0 Å². The van der Waals surface area contributed by atoms with E-state index in [-0.39, 0.29) is 11.1 Å². The van der Waals surface area contributed by atoms with Crippen molar-refractivity contribution in [2.24, 2.45) is 10.2 Å². The van der Waals surface area contributed by atoms with E-state index in [2.05, 4.69) is 21.1 Å². The zero-order valence-electron chi connectivity index (χ0n) is 15.8. The average Bonchev–Trinajstić information content (AvgIpc) is 2.70. The lowest BCUT2D eigenvalue weighted by atomic mass is 10.2. The molecule has 2 aromatic rings. The van der Waals surface area contributed by atoms with E-state index in [1.54, 1.807) is 38.1 Å². The summed E-state index contributed by atoms with van der Waals surface area (Å²) in [7, 11) is 0. The van der Waals surface area contributed by atoms with Crippen molar-refractivity contribution in [3.8, 4) is 0 Å². The van der Waals surface area contributed by atoms with Crippen LogP contribution in [0.1, 0.15) is 25.0 Å². The molecular weight excluding hydrogens is 398 g/mol. The van der Waals surface area contributed by atoms with Gasteiger partial charge in [-0.05, 0) is 26.0 Å². The highest BCUT2D eigenvalue weighted by molar-refractivity contribution is 8.01. The second kappa shape index (κ2) is 11.1. The van der Waals surface area contributed by atoms with Gasteiger partial charge in [-0.15, -0.1) is 11.8 Å². The van der Waals surface area contributed by atoms with Crippen molar-refractivity contribution < 1.29 is 18.4 Å². The summed E-state index contributed by atoms with van der Waals surface area (Å²) in [6.07, 6.45) is 2.41. The minimum Gasteiger partial charge on any atom is -0.272 e. The Balaban J connectivity index is 1.80. The maximum atomic E-state index is 13.5. The highest BCUT2D eigenvalue weighted by atomic mass is 32.2. The van der Waals surface area contributed by atoms with E-state index in [0.29, 0.717) is 0 Å². The van der Waals surface area contributed by atoms with Crippen LogP contribution in [0.15, 0.2) is 58.7 Å². The third-order valence-electron chi connectivity index (χ3n) is 3.71. The zero-order chi connectivity index (χ0) is 21.2. The molecule has 0 aliphatic rings. The molecule has 29 heavy (non-hydrogen) atoms. The van der Waals surface area contributed by atoms with Gasteiger partial charge >= 0.3 is 0 Å². The smallest absolute Gasteiger partial charge is 0.252 e. The van der Waals surface area contributed by atoms with Crippen LogP contribution in [-0.4, -0.2) is 34.7 Å². The van der Waals surface area contributed by atoms with Crippen molar-refractivity contribution in [1.29, 1.82) is 0 Å². The Hall–Kier alpha value is -3.07. The first-order chi connectivity index (χ1) is 13.9. The van der Waals surface area contributed by atoms with Gasteiger partial charge in [-0.1, -0.05) is 36.4 Å². The Morgan fingerprint density at radius 3 is 1.59 bits per heavy atom. The van der Waals surface area contributed by atoms with Gasteiger partial charge in [0.15, 0.2) is 0 Å². The van der Waals surface area contributed by atoms with Crippen molar-refractivity contribution >= 4 is 36.0 Å². The Labute approximate surface area is 171 Å². The maximum absolute atomic E-state index is 13.5. The summed E-state index contributed by atoms with van der Waals surface area (Å²) in [5.74, 6) is -1.77. The second-order valence-corrected chi connectivity index (χ2v) is 7.62. The van der Waals surface area contributed by atoms with Crippen LogP contribution in [0.25, 0.3) is 0 Å². The molecule has 0 bridgehead atoms. The summed E-state index contributed by atoms with van der Waals surface area (Å²) in [4.78, 5) is 24.1. The van der Waals surface area contributed by atoms with Crippen molar-refractivity contribution in [3.63, 3.8) is 0 Å². The molecule has 2 N–H and O–H groups in total. The average molecular weight is 418 g/mol. The van der Waals surface area contributed by atoms with Crippen LogP contribution in [0.5, 0.6) is 0 Å². The fraction of sp³-hybridized carbons (Fsp3) is 0.200. The minimum absolute atomic E-state index is 0.244. The summed E-state index contributed by atoms with van der Waals surface area (Å²) in [5, 5.41) is 6.27. The van der Waals surface area contributed by atoms with Crippen molar-refractivity contribution in [3.05, 3.63) is 71.3 Å². The van der Waals surface area contributed by atoms with E-state index in [0.717, 1.165) is 11.8 Å². The van der Waals surface area contributed by atoms with Gasteiger partial charge in [-0.2, -0.15) is 10.2 Å². The number of carbonyl (C=O) groups is 2. The first kappa shape index (κ1) is 22.2. The van der Waals surface area contributed by atoms with Crippen LogP contribution >= 0.6 is 11.8 Å². The van der Waals surface area contributed by atoms with Crippen molar-refractivity contribution in [2.45, 2.75) is 24.3 Å². The van der Waals surface area contributed by atoms with Crippen LogP contribution in [-0.2, 0) is 9.59 Å². The molecule has 0 heterocycles. The fourth-order valence-electron chi connectivity index (χ4n) is 2.10. The highest BCUT2D eigenvalue weighted by Gasteiger charge is 2.21. The molecule has 0 fully saturated rings. The summed E-state index contributed by atoms with van der Waals surface area (Å²) >= 11 is 1.09. The molecular formula is C20H20F2N4O2S. The first-order valence-corrected chi connectivity index (χ1v) is 9.63. The number of nitrogens with one attached hydrogen (secondary N) is 2. The molecule has 0 saturated carbocycles. The zero-order valence-corrected chi connectivity index (χ0v) is 16.6. The standard InChI is InChI=1S/C20H20F2N4O2S/c1-13(19(27)25-23-11-15-7-3-5-9-17(15)21)29-14(2)20(28)26-24-12-16-8-4-6-10-18(16)22/h3-14H,1-2H3,(H,25,27)(H,26,28)/b23-11-,24-12?. The Morgan fingerprint density at radius 1 is 0.828 bits per heavy atom. The highest BCUT2D eigenvalue weighted by Crippen LogP contribution is 2.17. The lowest BCUT2D eigenvalue weighted by Crippen LogP contribution is -2.33. The minimum atomic E-state index is -0.593. The normalized spacial score (nSPS) is 13.4. The van der Waals surface area contributed by atoms with E-state index in [4.69, 9.17) is 0 Å². The predicted octanol–water partition coefficient (Wildman–Crippen LogP) is 3.08. The number of hydrogen-bond donors (Lipinski definition) is 2. The van der Waals surface area contributed by atoms with Gasteiger partial charge in [-0.3, -0.25) is 9.59 Å². The predicted molar refractivity (Wildman–Crippen MR) is 111 cm³/mol. The monoisotopic (exact) mass is 418 g/mol. The SMILES string of the molecule is CC(SC(C)C(=O)N/N=C\c1ccccc1F)C(=O)NN=Cc1ccccc1F. The summed E-state index contributed by atoms with van der Waals surface area (Å²) in [6, 6.07) is 12.0. The summed E-state index contributed by atoms with van der Waals surface area (Å²) < 4.78 is 27.0. The third-order valence-corrected chi connectivity index (χ3v) is 4.96. The molecule has 0 saturated heterocycles. The Bertz CT molecular complexity index is 847. The number of thioether (sulfide) groups is 1. The third kappa shape index (κ3) is 7.11. The molecule has 0 aliphatic carbocycles. The largest absolute Gasteiger partial charge is 0.272 e. The van der Waals surface area contributed by atoms with Gasteiger partial charge in [0.05, 0.1) is 22.9 Å². The molecule has 152 valence electrons. The molecule has 6 nitrogen and oxygen atoms in total. The molecule has 9 heteroatoms. The molecule has 0 spiro atoms. The fourth-order valence-corrected chi connectivity index (χ4v) is 3.07. The number of benzene rings is 2.